The molecular formula is C15H22Cl2N2O2. The van der Waals surface area contributed by atoms with E-state index in [0.717, 1.165) is 19.4 Å². The van der Waals surface area contributed by atoms with E-state index in [-0.39, 0.29) is 19.1 Å². The lowest BCUT2D eigenvalue weighted by Crippen LogP contribution is -2.35. The maximum Gasteiger partial charge on any atom is 0.238 e. The van der Waals surface area contributed by atoms with Crippen molar-refractivity contribution in [3.8, 4) is 0 Å². The van der Waals surface area contributed by atoms with E-state index in [1.165, 1.54) is 0 Å². The number of anilines is 1. The molecule has 0 radical (unpaired) electrons. The molecule has 6 heteroatoms. The maximum atomic E-state index is 12.1. The molecule has 1 aromatic carbocycles. The summed E-state index contributed by atoms with van der Waals surface area (Å²) in [6.45, 7) is 4.06. The van der Waals surface area contributed by atoms with Crippen molar-refractivity contribution < 1.29 is 9.90 Å². The summed E-state index contributed by atoms with van der Waals surface area (Å²) in [5.41, 5.74) is 0.520. The molecule has 4 nitrogen and oxygen atoms in total. The van der Waals surface area contributed by atoms with Crippen LogP contribution in [0.4, 0.5) is 5.69 Å². The third-order valence-corrected chi connectivity index (χ3v) is 3.87. The fraction of sp³-hybridized carbons (Fsp3) is 0.533. The summed E-state index contributed by atoms with van der Waals surface area (Å²) in [6.07, 6.45) is 2.75. The summed E-state index contributed by atoms with van der Waals surface area (Å²) in [5.74, 6) is -0.131. The van der Waals surface area contributed by atoms with E-state index in [9.17, 15) is 4.79 Å². The molecule has 0 saturated carbocycles. The number of unbranched alkanes of at least 4 members (excludes halogenated alkanes) is 1. The fourth-order valence-corrected chi connectivity index (χ4v) is 2.29. The van der Waals surface area contributed by atoms with Crippen LogP contribution in [0.2, 0.25) is 10.0 Å². The molecule has 0 aromatic heterocycles. The minimum absolute atomic E-state index is 0.129. The number of halogens is 2. The molecule has 1 rings (SSSR count). The largest absolute Gasteiger partial charge is 0.396 e. The van der Waals surface area contributed by atoms with E-state index in [1.54, 1.807) is 18.2 Å². The van der Waals surface area contributed by atoms with Crippen molar-refractivity contribution in [2.75, 3.05) is 31.6 Å². The van der Waals surface area contributed by atoms with Crippen LogP contribution in [0.5, 0.6) is 0 Å². The average molecular weight is 333 g/mol. The van der Waals surface area contributed by atoms with Crippen LogP contribution < -0.4 is 5.32 Å². The molecule has 0 aliphatic rings. The van der Waals surface area contributed by atoms with E-state index < -0.39 is 0 Å². The number of carbonyl (C=O) groups is 1. The highest BCUT2D eigenvalue weighted by Gasteiger charge is 2.12. The van der Waals surface area contributed by atoms with Crippen LogP contribution in [0.15, 0.2) is 18.2 Å². The van der Waals surface area contributed by atoms with Gasteiger partial charge in [0.05, 0.1) is 22.3 Å². The van der Waals surface area contributed by atoms with Crippen molar-refractivity contribution in [2.24, 2.45) is 0 Å². The van der Waals surface area contributed by atoms with Gasteiger partial charge in [-0.15, -0.1) is 0 Å². The number of carbonyl (C=O) groups excluding carboxylic acids is 1. The Morgan fingerprint density at radius 2 is 2.00 bits per heavy atom. The van der Waals surface area contributed by atoms with Gasteiger partial charge in [0.1, 0.15) is 0 Å². The molecule has 2 N–H and O–H groups in total. The predicted molar refractivity (Wildman–Crippen MR) is 88.1 cm³/mol. The Kier molecular flexibility index (Phi) is 8.69. The molecule has 0 aliphatic carbocycles. The first kappa shape index (κ1) is 18.2. The van der Waals surface area contributed by atoms with Gasteiger partial charge in [0.25, 0.3) is 0 Å². The summed E-state index contributed by atoms with van der Waals surface area (Å²) in [5, 5.41) is 12.5. The third-order valence-electron chi connectivity index (χ3n) is 3.05. The first-order chi connectivity index (χ1) is 10.1. The van der Waals surface area contributed by atoms with Gasteiger partial charge < -0.3 is 10.4 Å². The summed E-state index contributed by atoms with van der Waals surface area (Å²) in [4.78, 5) is 14.1. The van der Waals surface area contributed by atoms with Gasteiger partial charge in [0.15, 0.2) is 0 Å². The number of hydrogen-bond acceptors (Lipinski definition) is 3. The van der Waals surface area contributed by atoms with E-state index >= 15 is 0 Å². The van der Waals surface area contributed by atoms with Gasteiger partial charge in [-0.1, -0.05) is 42.6 Å². The van der Waals surface area contributed by atoms with Crippen LogP contribution in [0.25, 0.3) is 0 Å². The second-order valence-corrected chi connectivity index (χ2v) is 5.64. The van der Waals surface area contributed by atoms with Gasteiger partial charge in [-0.05, 0) is 31.5 Å². The number of aliphatic hydroxyl groups is 1. The Morgan fingerprint density at radius 1 is 1.29 bits per heavy atom. The molecule has 0 saturated heterocycles. The van der Waals surface area contributed by atoms with Gasteiger partial charge in [0, 0.05) is 13.2 Å². The Hall–Kier alpha value is -0.810. The van der Waals surface area contributed by atoms with E-state index in [0.29, 0.717) is 28.7 Å². The molecule has 0 fully saturated rings. The lowest BCUT2D eigenvalue weighted by molar-refractivity contribution is -0.117. The number of hydrogen-bond donors (Lipinski definition) is 2. The third kappa shape index (κ3) is 6.66. The van der Waals surface area contributed by atoms with Gasteiger partial charge in [-0.2, -0.15) is 0 Å². The predicted octanol–water partition coefficient (Wildman–Crippen LogP) is 3.42. The average Bonchev–Trinajstić information content (AvgIpc) is 2.46. The van der Waals surface area contributed by atoms with Crippen molar-refractivity contribution in [3.63, 3.8) is 0 Å². The Morgan fingerprint density at radius 3 is 2.67 bits per heavy atom. The van der Waals surface area contributed by atoms with Gasteiger partial charge in [-0.3, -0.25) is 9.69 Å². The maximum absolute atomic E-state index is 12.1. The number of nitrogens with zero attached hydrogens (tertiary/aromatic N) is 1. The van der Waals surface area contributed by atoms with Crippen LogP contribution in [0.3, 0.4) is 0 Å². The molecular weight excluding hydrogens is 311 g/mol. The highest BCUT2D eigenvalue weighted by Crippen LogP contribution is 2.29. The molecule has 0 bridgehead atoms. The molecule has 21 heavy (non-hydrogen) atoms. The van der Waals surface area contributed by atoms with E-state index in [4.69, 9.17) is 28.3 Å². The van der Waals surface area contributed by atoms with Gasteiger partial charge in [0.2, 0.25) is 5.91 Å². The minimum Gasteiger partial charge on any atom is -0.396 e. The van der Waals surface area contributed by atoms with Gasteiger partial charge >= 0.3 is 0 Å². The normalized spacial score (nSPS) is 10.9. The second kappa shape index (κ2) is 10.0. The summed E-state index contributed by atoms with van der Waals surface area (Å²) >= 11 is 12.0. The quantitative estimate of drug-likeness (QED) is 0.728. The van der Waals surface area contributed by atoms with Crippen LogP contribution in [-0.2, 0) is 4.79 Å². The van der Waals surface area contributed by atoms with Crippen molar-refractivity contribution in [3.05, 3.63) is 28.2 Å². The Balaban J connectivity index is 2.57. The smallest absolute Gasteiger partial charge is 0.238 e. The lowest BCUT2D eigenvalue weighted by atomic mass is 10.2. The number of benzene rings is 1. The number of amides is 1. The monoisotopic (exact) mass is 332 g/mol. The SMILES string of the molecule is CCCCN(CCCO)CC(=O)Nc1cccc(Cl)c1Cl. The Labute approximate surface area is 136 Å². The summed E-state index contributed by atoms with van der Waals surface area (Å²) in [6, 6.07) is 5.13. The first-order valence-electron chi connectivity index (χ1n) is 7.15. The molecule has 0 unspecified atom stereocenters. The van der Waals surface area contributed by atoms with Crippen LogP contribution in [0.1, 0.15) is 26.2 Å². The molecule has 0 heterocycles. The van der Waals surface area contributed by atoms with Crippen molar-refractivity contribution in [2.45, 2.75) is 26.2 Å². The molecule has 0 spiro atoms. The number of rotatable bonds is 9. The van der Waals surface area contributed by atoms with Crippen molar-refractivity contribution >= 4 is 34.8 Å². The highest BCUT2D eigenvalue weighted by atomic mass is 35.5. The standard InChI is InChI=1S/C15H22Cl2N2O2/c1-2-3-8-19(9-5-10-20)11-14(21)18-13-7-4-6-12(16)15(13)17/h4,6-7,20H,2-3,5,8-11H2,1H3,(H,18,21). The second-order valence-electron chi connectivity index (χ2n) is 4.86. The highest BCUT2D eigenvalue weighted by molar-refractivity contribution is 6.43. The topological polar surface area (TPSA) is 52.6 Å². The zero-order valence-electron chi connectivity index (χ0n) is 12.2. The Bertz CT molecular complexity index is 447. The summed E-state index contributed by atoms with van der Waals surface area (Å²) in [7, 11) is 0. The van der Waals surface area contributed by atoms with Crippen LogP contribution >= 0.6 is 23.2 Å². The number of aliphatic hydroxyl groups excluding tert-OH is 1. The van der Waals surface area contributed by atoms with E-state index in [2.05, 4.69) is 12.2 Å². The molecule has 1 amide bonds. The number of nitrogens with one attached hydrogen (secondary N) is 1. The molecule has 0 aliphatic heterocycles. The van der Waals surface area contributed by atoms with E-state index in [1.807, 2.05) is 4.90 Å². The van der Waals surface area contributed by atoms with Crippen LogP contribution in [-0.4, -0.2) is 42.2 Å². The lowest BCUT2D eigenvalue weighted by Gasteiger charge is -2.21. The fourth-order valence-electron chi connectivity index (χ4n) is 1.94. The van der Waals surface area contributed by atoms with Crippen molar-refractivity contribution in [1.29, 1.82) is 0 Å². The zero-order chi connectivity index (χ0) is 15.7. The molecule has 118 valence electrons. The minimum atomic E-state index is -0.131. The van der Waals surface area contributed by atoms with Crippen molar-refractivity contribution in [1.82, 2.24) is 4.90 Å². The molecule has 1 aromatic rings. The molecule has 0 atom stereocenters. The van der Waals surface area contributed by atoms with Gasteiger partial charge in [-0.25, -0.2) is 0 Å². The first-order valence-corrected chi connectivity index (χ1v) is 7.91. The summed E-state index contributed by atoms with van der Waals surface area (Å²) < 4.78 is 0. The van der Waals surface area contributed by atoms with Crippen LogP contribution in [0, 0.1) is 0 Å². The zero-order valence-corrected chi connectivity index (χ0v) is 13.8.